The number of carbonyl (C=O) groups is 4. The van der Waals surface area contributed by atoms with Crippen LogP contribution in [0.15, 0.2) is 0 Å². The average Bonchev–Trinajstić information content (AvgIpc) is 1.88. The molecule has 0 rings (SSSR count). The number of carboxylic acid groups (broad SMARTS) is 4. The maximum Gasteiger partial charge on any atom is 5.00 e. The van der Waals surface area contributed by atoms with Crippen LogP contribution < -0.4 is 21.5 Å². The first-order valence-electron chi connectivity index (χ1n) is 2.15. The van der Waals surface area contributed by atoms with E-state index in [1.807, 2.05) is 0 Å². The topological polar surface area (TPSA) is 284 Å². The summed E-state index contributed by atoms with van der Waals surface area (Å²) in [6.45, 7) is 0. The molecule has 13 heteroatoms. The van der Waals surface area contributed by atoms with Crippen LogP contribution in [0.2, 0.25) is 0 Å². The number of aliphatic carboxylic acids is 4. The van der Waals surface area contributed by atoms with Crippen molar-refractivity contribution >= 4 is 23.9 Å². The Morgan fingerprint density at radius 2 is 0.882 bits per heavy atom. The van der Waals surface area contributed by atoms with E-state index in [0.717, 1.165) is 0 Å². The Morgan fingerprint density at radius 1 is 0.765 bits per heavy atom. The molecule has 0 amide bonds. The quantitative estimate of drug-likeness (QED) is 0.312. The van der Waals surface area contributed by atoms with Crippen molar-refractivity contribution < 1.29 is 78.4 Å². The van der Waals surface area contributed by atoms with E-state index in [1.54, 1.807) is 0 Å². The van der Waals surface area contributed by atoms with E-state index < -0.39 is 23.9 Å². The van der Waals surface area contributed by atoms with Gasteiger partial charge in [0.1, 0.15) is 0 Å². The standard InChI is InChI=1S/2C2H2O4.H3N.Nb.2H2O.O/c2*3-1(4)2(5)6;;;;;/h2*(H,3,4)(H,5,6);1H3;;2*1H2;/q;;;+5;;;-2/p-3. The van der Waals surface area contributed by atoms with E-state index in [0.29, 0.717) is 0 Å². The number of hydrogen-bond acceptors (Lipinski definition) is 8. The van der Waals surface area contributed by atoms with E-state index in [4.69, 9.17) is 39.6 Å². The first-order valence-corrected chi connectivity index (χ1v) is 2.15. The molecular formula is C4H8NNbO11. The number of carbonyl (C=O) groups excluding carboxylic acids is 3. The fourth-order valence-electron chi connectivity index (χ4n) is 0. The van der Waals surface area contributed by atoms with Crippen molar-refractivity contribution in [3.63, 3.8) is 0 Å². The molecule has 0 aliphatic carbocycles. The SMILES string of the molecule is N.O.O.O=C([O-])C(=O)O.O=C([O-])C(=O)[O-].[Nb+5].[O-2]. The summed E-state index contributed by atoms with van der Waals surface area (Å²) < 4.78 is 0. The maximum atomic E-state index is 9.04. The van der Waals surface area contributed by atoms with Crippen molar-refractivity contribution in [1.29, 1.82) is 0 Å². The van der Waals surface area contributed by atoms with Crippen molar-refractivity contribution in [1.82, 2.24) is 6.15 Å². The van der Waals surface area contributed by atoms with Crippen LogP contribution in [0.5, 0.6) is 0 Å². The molecule has 0 aromatic heterocycles. The Bertz CT molecular complexity index is 180. The monoisotopic (exact) mass is 339 g/mol. The van der Waals surface area contributed by atoms with Gasteiger partial charge < -0.3 is 57.4 Å². The summed E-state index contributed by atoms with van der Waals surface area (Å²) in [6, 6.07) is 0. The van der Waals surface area contributed by atoms with E-state index >= 15 is 0 Å². The minimum atomic E-state index is -2.19. The summed E-state index contributed by atoms with van der Waals surface area (Å²) >= 11 is 0. The van der Waals surface area contributed by atoms with Gasteiger partial charge in [-0.1, -0.05) is 0 Å². The van der Waals surface area contributed by atoms with Crippen molar-refractivity contribution in [2.24, 2.45) is 0 Å². The zero-order chi connectivity index (χ0) is 10.3. The molecule has 0 heterocycles. The van der Waals surface area contributed by atoms with Gasteiger partial charge in [-0.2, -0.15) is 0 Å². The summed E-state index contributed by atoms with van der Waals surface area (Å²) in [4.78, 5) is 35.9. The largest absolute Gasteiger partial charge is 5.00 e. The Labute approximate surface area is 109 Å². The molecule has 0 bridgehead atoms. The van der Waals surface area contributed by atoms with Gasteiger partial charge in [0.05, 0.1) is 11.9 Å². The summed E-state index contributed by atoms with van der Waals surface area (Å²) in [5, 5.41) is 34.2. The Morgan fingerprint density at radius 3 is 0.882 bits per heavy atom. The molecule has 17 heavy (non-hydrogen) atoms. The van der Waals surface area contributed by atoms with Crippen molar-refractivity contribution in [2.45, 2.75) is 0 Å². The third kappa shape index (κ3) is 53.8. The van der Waals surface area contributed by atoms with E-state index in [9.17, 15) is 0 Å². The van der Waals surface area contributed by atoms with Gasteiger partial charge in [-0.05, 0) is 0 Å². The predicted octanol–water partition coefficient (Wildman–Crippen LogP) is -7.30. The van der Waals surface area contributed by atoms with Crippen LogP contribution in [-0.2, 0) is 47.0 Å². The number of rotatable bonds is 0. The fourth-order valence-corrected chi connectivity index (χ4v) is 0. The summed E-state index contributed by atoms with van der Waals surface area (Å²) in [6.07, 6.45) is 0. The first-order chi connectivity index (χ1) is 5.29. The van der Waals surface area contributed by atoms with Crippen LogP contribution in [0, 0.1) is 0 Å². The van der Waals surface area contributed by atoms with Gasteiger partial charge in [-0.25, -0.2) is 4.79 Å². The third-order valence-corrected chi connectivity index (χ3v) is 0.341. The Hall–Kier alpha value is -1.54. The van der Waals surface area contributed by atoms with Crippen molar-refractivity contribution in [3.05, 3.63) is 0 Å². The van der Waals surface area contributed by atoms with Crippen LogP contribution >= 0.6 is 0 Å². The van der Waals surface area contributed by atoms with Gasteiger partial charge in [-0.15, -0.1) is 0 Å². The maximum absolute atomic E-state index is 9.04. The van der Waals surface area contributed by atoms with Crippen LogP contribution in [0.4, 0.5) is 0 Å². The number of carboxylic acids is 4. The summed E-state index contributed by atoms with van der Waals surface area (Å²) in [5.74, 6) is -8.38. The van der Waals surface area contributed by atoms with Crippen LogP contribution in [0.25, 0.3) is 0 Å². The molecule has 8 N–H and O–H groups in total. The zero-order valence-corrected chi connectivity index (χ0v) is 10.1. The van der Waals surface area contributed by atoms with Gasteiger partial charge in [0.15, 0.2) is 5.97 Å². The molecule has 0 atom stereocenters. The van der Waals surface area contributed by atoms with Gasteiger partial charge in [0.25, 0.3) is 0 Å². The molecule has 0 spiro atoms. The summed E-state index contributed by atoms with van der Waals surface area (Å²) in [7, 11) is 0. The third-order valence-electron chi connectivity index (χ3n) is 0.341. The normalized spacial score (nSPS) is 5.18. The molecule has 0 saturated carbocycles. The van der Waals surface area contributed by atoms with Crippen LogP contribution in [0.1, 0.15) is 0 Å². The zero-order valence-electron chi connectivity index (χ0n) is 7.87. The second kappa shape index (κ2) is 23.9. The molecule has 0 aromatic rings. The average molecular weight is 339 g/mol. The van der Waals surface area contributed by atoms with Gasteiger partial charge >= 0.3 is 28.3 Å². The minimum Gasteiger partial charge on any atom is -2.00 e. The van der Waals surface area contributed by atoms with Crippen molar-refractivity contribution in [2.75, 3.05) is 0 Å². The summed E-state index contributed by atoms with van der Waals surface area (Å²) in [5.41, 5.74) is 0. The van der Waals surface area contributed by atoms with E-state index in [-0.39, 0.29) is 45.0 Å². The molecule has 0 aliphatic rings. The van der Waals surface area contributed by atoms with Crippen LogP contribution in [0.3, 0.4) is 0 Å². The Balaban J connectivity index is -0.0000000182. The molecule has 100 valence electrons. The van der Waals surface area contributed by atoms with Gasteiger partial charge in [-0.3, -0.25) is 0 Å². The fraction of sp³-hybridized carbons (Fsp3) is 0. The molecule has 0 saturated heterocycles. The molecular weight excluding hydrogens is 331 g/mol. The van der Waals surface area contributed by atoms with Crippen LogP contribution in [-0.4, -0.2) is 39.9 Å². The Kier molecular flexibility index (Phi) is 63.6. The van der Waals surface area contributed by atoms with Gasteiger partial charge in [0, 0.05) is 0 Å². The van der Waals surface area contributed by atoms with Gasteiger partial charge in [0.2, 0.25) is 0 Å². The second-order valence-electron chi connectivity index (χ2n) is 1.17. The molecule has 0 aromatic carbocycles. The van der Waals surface area contributed by atoms with E-state index in [2.05, 4.69) is 0 Å². The van der Waals surface area contributed by atoms with E-state index in [1.165, 1.54) is 0 Å². The predicted molar refractivity (Wildman–Crippen MR) is 35.6 cm³/mol. The first kappa shape index (κ1) is 45.2. The molecule has 0 fully saturated rings. The molecule has 12 nitrogen and oxygen atoms in total. The molecule has 0 aliphatic heterocycles. The number of hydrogen-bond donors (Lipinski definition) is 2. The minimum absolute atomic E-state index is 0. The second-order valence-corrected chi connectivity index (χ2v) is 1.17. The van der Waals surface area contributed by atoms with Crippen molar-refractivity contribution in [3.8, 4) is 0 Å². The molecule has 0 unspecified atom stereocenters. The molecule has 0 radical (unpaired) electrons. The smallest absolute Gasteiger partial charge is 2.00 e.